The van der Waals surface area contributed by atoms with Gasteiger partial charge in [0, 0.05) is 22.9 Å². The summed E-state index contributed by atoms with van der Waals surface area (Å²) in [6.45, 7) is 0.112. The highest BCUT2D eigenvalue weighted by molar-refractivity contribution is 7.92. The standard InChI is InChI=1S/C21H17F3N4O3S/c1-32(30,31)27-11-9-18(28-19(27)8-10-25-28)14-4-3-7-17(13-14)26-20(29)15-5-2-6-16(12-15)21(22,23)24/h2-10,12-13H,11H2,1H3,(H,26,29). The van der Waals surface area contributed by atoms with Crippen molar-refractivity contribution in [3.05, 3.63) is 83.6 Å². The van der Waals surface area contributed by atoms with Gasteiger partial charge in [0.25, 0.3) is 5.91 Å². The van der Waals surface area contributed by atoms with Gasteiger partial charge in [-0.1, -0.05) is 18.2 Å². The zero-order valence-electron chi connectivity index (χ0n) is 16.7. The molecule has 2 aromatic carbocycles. The largest absolute Gasteiger partial charge is 0.416 e. The Labute approximate surface area is 181 Å². The molecule has 11 heteroatoms. The van der Waals surface area contributed by atoms with Gasteiger partial charge in [-0.15, -0.1) is 0 Å². The molecule has 166 valence electrons. The summed E-state index contributed by atoms with van der Waals surface area (Å²) in [5, 5.41) is 6.80. The number of nitrogens with zero attached hydrogens (tertiary/aromatic N) is 3. The Bertz CT molecular complexity index is 1330. The Kier molecular flexibility index (Phi) is 5.29. The maximum Gasteiger partial charge on any atom is 0.416 e. The Hall–Kier alpha value is -3.60. The van der Waals surface area contributed by atoms with Crippen LogP contribution in [0.2, 0.25) is 0 Å². The minimum absolute atomic E-state index is 0.112. The van der Waals surface area contributed by atoms with E-state index in [1.165, 1.54) is 27.3 Å². The molecule has 3 aromatic rings. The number of halogens is 3. The van der Waals surface area contributed by atoms with E-state index in [1.54, 1.807) is 36.4 Å². The lowest BCUT2D eigenvalue weighted by atomic mass is 10.1. The van der Waals surface area contributed by atoms with Crippen LogP contribution in [0.5, 0.6) is 0 Å². The van der Waals surface area contributed by atoms with Crippen LogP contribution in [0.4, 0.5) is 24.7 Å². The first kappa shape index (κ1) is 21.6. The van der Waals surface area contributed by atoms with Crippen molar-refractivity contribution in [2.45, 2.75) is 6.18 Å². The molecular weight excluding hydrogens is 445 g/mol. The van der Waals surface area contributed by atoms with Crippen LogP contribution >= 0.6 is 0 Å². The molecule has 1 amide bonds. The van der Waals surface area contributed by atoms with Crippen LogP contribution in [-0.4, -0.2) is 36.9 Å². The summed E-state index contributed by atoms with van der Waals surface area (Å²) in [6, 6.07) is 12.4. The Balaban J connectivity index is 1.61. The number of hydrogen-bond acceptors (Lipinski definition) is 4. The molecule has 0 saturated carbocycles. The van der Waals surface area contributed by atoms with E-state index < -0.39 is 27.7 Å². The van der Waals surface area contributed by atoms with Gasteiger partial charge in [-0.25, -0.2) is 17.4 Å². The average Bonchev–Trinajstić information content (AvgIpc) is 3.21. The molecule has 0 radical (unpaired) electrons. The number of anilines is 2. The fourth-order valence-corrected chi connectivity index (χ4v) is 4.19. The average molecular weight is 462 g/mol. The number of benzene rings is 2. The van der Waals surface area contributed by atoms with Crippen molar-refractivity contribution in [3.63, 3.8) is 0 Å². The van der Waals surface area contributed by atoms with E-state index in [0.717, 1.165) is 18.4 Å². The molecule has 0 bridgehead atoms. The first-order chi connectivity index (χ1) is 15.0. The zero-order chi connectivity index (χ0) is 23.1. The molecule has 1 aliphatic rings. The molecule has 0 saturated heterocycles. The number of nitrogens with one attached hydrogen (secondary N) is 1. The van der Waals surface area contributed by atoms with Gasteiger partial charge in [-0.3, -0.25) is 4.79 Å². The SMILES string of the molecule is CS(=O)(=O)N1CC=C(c2cccc(NC(=O)c3cccc(C(F)(F)F)c3)c2)n2nccc21. The van der Waals surface area contributed by atoms with Crippen LogP contribution in [0.25, 0.3) is 5.70 Å². The van der Waals surface area contributed by atoms with Gasteiger partial charge in [0.1, 0.15) is 5.82 Å². The van der Waals surface area contributed by atoms with Crippen LogP contribution in [0.3, 0.4) is 0 Å². The number of amides is 1. The monoisotopic (exact) mass is 462 g/mol. The van der Waals surface area contributed by atoms with Crippen molar-refractivity contribution in [2.75, 3.05) is 22.4 Å². The molecular formula is C21H17F3N4O3S. The summed E-state index contributed by atoms with van der Waals surface area (Å²) >= 11 is 0. The quantitative estimate of drug-likeness (QED) is 0.639. The van der Waals surface area contributed by atoms with Crippen molar-refractivity contribution in [1.82, 2.24) is 9.78 Å². The van der Waals surface area contributed by atoms with E-state index in [1.807, 2.05) is 0 Å². The maximum atomic E-state index is 12.9. The van der Waals surface area contributed by atoms with Crippen LogP contribution in [0, 0.1) is 0 Å². The van der Waals surface area contributed by atoms with Crippen LogP contribution in [-0.2, 0) is 16.2 Å². The van der Waals surface area contributed by atoms with Gasteiger partial charge >= 0.3 is 6.18 Å². The Morgan fingerprint density at radius 3 is 2.56 bits per heavy atom. The number of rotatable bonds is 4. The smallest absolute Gasteiger partial charge is 0.322 e. The number of fused-ring (bicyclic) bond motifs is 1. The van der Waals surface area contributed by atoms with Gasteiger partial charge in [-0.2, -0.15) is 18.3 Å². The summed E-state index contributed by atoms with van der Waals surface area (Å²) in [6.07, 6.45) is -0.279. The Morgan fingerprint density at radius 2 is 1.84 bits per heavy atom. The number of hydrogen-bond donors (Lipinski definition) is 1. The highest BCUT2D eigenvalue weighted by atomic mass is 32.2. The van der Waals surface area contributed by atoms with E-state index in [-0.39, 0.29) is 12.1 Å². The lowest BCUT2D eigenvalue weighted by molar-refractivity contribution is -0.137. The van der Waals surface area contributed by atoms with E-state index >= 15 is 0 Å². The van der Waals surface area contributed by atoms with Crippen molar-refractivity contribution in [3.8, 4) is 0 Å². The predicted molar refractivity (Wildman–Crippen MR) is 114 cm³/mol. The third kappa shape index (κ3) is 4.24. The second-order valence-electron chi connectivity index (χ2n) is 7.10. The third-order valence-corrected chi connectivity index (χ3v) is 5.96. The normalized spacial score (nSPS) is 14.0. The van der Waals surface area contributed by atoms with Gasteiger partial charge < -0.3 is 5.32 Å². The fourth-order valence-electron chi connectivity index (χ4n) is 3.36. The van der Waals surface area contributed by atoms with Crippen LogP contribution in [0.1, 0.15) is 21.5 Å². The third-order valence-electron chi connectivity index (χ3n) is 4.83. The second kappa shape index (κ2) is 7.83. The summed E-state index contributed by atoms with van der Waals surface area (Å²) in [5.74, 6) is -0.308. The van der Waals surface area contributed by atoms with Gasteiger partial charge in [-0.05, 0) is 36.4 Å². The number of carbonyl (C=O) groups excluding carboxylic acids is 1. The van der Waals surface area contributed by atoms with E-state index in [9.17, 15) is 26.4 Å². The molecule has 2 heterocycles. The first-order valence-corrected chi connectivity index (χ1v) is 11.2. The van der Waals surface area contributed by atoms with Crippen molar-refractivity contribution in [2.24, 2.45) is 0 Å². The minimum Gasteiger partial charge on any atom is -0.322 e. The van der Waals surface area contributed by atoms with Crippen molar-refractivity contribution < 1.29 is 26.4 Å². The van der Waals surface area contributed by atoms with Crippen LogP contribution in [0.15, 0.2) is 66.9 Å². The van der Waals surface area contributed by atoms with E-state index in [0.29, 0.717) is 22.8 Å². The molecule has 32 heavy (non-hydrogen) atoms. The summed E-state index contributed by atoms with van der Waals surface area (Å²) < 4.78 is 65.5. The zero-order valence-corrected chi connectivity index (χ0v) is 17.5. The molecule has 0 aliphatic carbocycles. The molecule has 0 atom stereocenters. The number of carbonyl (C=O) groups is 1. The number of aromatic nitrogens is 2. The van der Waals surface area contributed by atoms with Gasteiger partial charge in [0.05, 0.1) is 30.3 Å². The first-order valence-electron chi connectivity index (χ1n) is 9.35. The highest BCUT2D eigenvalue weighted by Gasteiger charge is 2.31. The lowest BCUT2D eigenvalue weighted by Crippen LogP contribution is -2.34. The summed E-state index contributed by atoms with van der Waals surface area (Å²) in [4.78, 5) is 12.5. The lowest BCUT2D eigenvalue weighted by Gasteiger charge is -2.27. The van der Waals surface area contributed by atoms with E-state index in [4.69, 9.17) is 0 Å². The molecule has 1 aliphatic heterocycles. The summed E-state index contributed by atoms with van der Waals surface area (Å²) in [7, 11) is -3.49. The molecule has 0 unspecified atom stereocenters. The molecule has 7 nitrogen and oxygen atoms in total. The maximum absolute atomic E-state index is 12.9. The number of alkyl halides is 3. The Morgan fingerprint density at radius 1 is 1.09 bits per heavy atom. The molecule has 1 N–H and O–H groups in total. The number of sulfonamides is 1. The van der Waals surface area contributed by atoms with Gasteiger partial charge in [0.15, 0.2) is 0 Å². The molecule has 1 aromatic heterocycles. The fraction of sp³-hybridized carbons (Fsp3) is 0.143. The topological polar surface area (TPSA) is 84.3 Å². The summed E-state index contributed by atoms with van der Waals surface area (Å²) in [5.41, 5.74) is 0.586. The predicted octanol–water partition coefficient (Wildman–Crippen LogP) is 3.82. The van der Waals surface area contributed by atoms with E-state index in [2.05, 4.69) is 10.4 Å². The minimum atomic E-state index is -4.55. The van der Waals surface area contributed by atoms with Crippen molar-refractivity contribution in [1.29, 1.82) is 0 Å². The van der Waals surface area contributed by atoms with Crippen LogP contribution < -0.4 is 9.62 Å². The molecule has 0 fully saturated rings. The molecule has 0 spiro atoms. The van der Waals surface area contributed by atoms with Crippen molar-refractivity contribution >= 4 is 33.1 Å². The highest BCUT2D eigenvalue weighted by Crippen LogP contribution is 2.31. The van der Waals surface area contributed by atoms with Gasteiger partial charge in [0.2, 0.25) is 10.0 Å². The second-order valence-corrected chi connectivity index (χ2v) is 9.00. The molecule has 4 rings (SSSR count).